The topological polar surface area (TPSA) is 82.3 Å². The van der Waals surface area contributed by atoms with Crippen molar-refractivity contribution in [3.05, 3.63) is 12.3 Å². The van der Waals surface area contributed by atoms with Crippen LogP contribution in [-0.2, 0) is 4.74 Å². The monoisotopic (exact) mass is 278 g/mol. The van der Waals surface area contributed by atoms with Crippen molar-refractivity contribution in [3.63, 3.8) is 0 Å². The van der Waals surface area contributed by atoms with Crippen LogP contribution in [0.2, 0.25) is 0 Å². The maximum absolute atomic E-state index is 6.21. The van der Waals surface area contributed by atoms with Crippen molar-refractivity contribution in [1.82, 2.24) is 9.97 Å². The van der Waals surface area contributed by atoms with Crippen molar-refractivity contribution in [2.45, 2.75) is 44.4 Å². The number of nitrogens with two attached hydrogens (primary N) is 1. The molecule has 6 nitrogen and oxygen atoms in total. The fourth-order valence-corrected chi connectivity index (χ4v) is 2.97. The van der Waals surface area contributed by atoms with Crippen molar-refractivity contribution in [2.75, 3.05) is 18.5 Å². The Balaban J connectivity index is 1.62. The molecule has 6 heteroatoms. The minimum atomic E-state index is 0.0988. The quantitative estimate of drug-likeness (QED) is 0.841. The third-order valence-electron chi connectivity index (χ3n) is 4.06. The summed E-state index contributed by atoms with van der Waals surface area (Å²) in [5, 5.41) is 3.29. The molecule has 1 saturated heterocycles. The molecule has 0 radical (unpaired) electrons. The Morgan fingerprint density at radius 1 is 1.55 bits per heavy atom. The molecule has 1 aromatic rings. The Morgan fingerprint density at radius 3 is 3.30 bits per heavy atom. The average molecular weight is 278 g/mol. The van der Waals surface area contributed by atoms with E-state index in [1.54, 1.807) is 12.3 Å². The molecule has 0 amide bonds. The van der Waals surface area contributed by atoms with Crippen LogP contribution in [0.15, 0.2) is 12.3 Å². The molecule has 0 bridgehead atoms. The van der Waals surface area contributed by atoms with Gasteiger partial charge in [-0.2, -0.15) is 4.98 Å². The zero-order valence-electron chi connectivity index (χ0n) is 11.8. The van der Waals surface area contributed by atoms with E-state index in [2.05, 4.69) is 22.2 Å². The smallest absolute Gasteiger partial charge is 0.226 e. The van der Waals surface area contributed by atoms with Gasteiger partial charge in [-0.3, -0.25) is 0 Å². The molecule has 1 aliphatic heterocycles. The molecule has 110 valence electrons. The van der Waals surface area contributed by atoms with Gasteiger partial charge in [0.15, 0.2) is 0 Å². The van der Waals surface area contributed by atoms with Gasteiger partial charge in [0.1, 0.15) is 0 Å². The number of nitrogens with zero attached hydrogens (tertiary/aromatic N) is 2. The fourth-order valence-electron chi connectivity index (χ4n) is 2.97. The van der Waals surface area contributed by atoms with Gasteiger partial charge in [-0.05, 0) is 19.3 Å². The lowest BCUT2D eigenvalue weighted by atomic mass is 9.69. The zero-order chi connectivity index (χ0) is 13.9. The summed E-state index contributed by atoms with van der Waals surface area (Å²) in [6.45, 7) is 3.55. The van der Waals surface area contributed by atoms with E-state index in [-0.39, 0.29) is 18.2 Å². The molecule has 2 heterocycles. The van der Waals surface area contributed by atoms with Gasteiger partial charge in [-0.25, -0.2) is 4.98 Å². The lowest BCUT2D eigenvalue weighted by Gasteiger charge is -2.52. The van der Waals surface area contributed by atoms with Crippen LogP contribution in [0.4, 0.5) is 5.95 Å². The highest BCUT2D eigenvalue weighted by Crippen LogP contribution is 2.38. The molecule has 20 heavy (non-hydrogen) atoms. The highest BCUT2D eigenvalue weighted by atomic mass is 16.5. The first-order valence-electron chi connectivity index (χ1n) is 7.39. The van der Waals surface area contributed by atoms with Gasteiger partial charge in [0, 0.05) is 30.8 Å². The third kappa shape index (κ3) is 2.58. The summed E-state index contributed by atoms with van der Waals surface area (Å²) in [5.74, 6) is 1.63. The molecule has 4 atom stereocenters. The van der Waals surface area contributed by atoms with E-state index in [0.29, 0.717) is 24.4 Å². The molecule has 4 unspecified atom stereocenters. The highest BCUT2D eigenvalue weighted by Gasteiger charge is 2.50. The van der Waals surface area contributed by atoms with Crippen molar-refractivity contribution in [1.29, 1.82) is 0 Å². The Morgan fingerprint density at radius 2 is 2.45 bits per heavy atom. The van der Waals surface area contributed by atoms with Gasteiger partial charge in [0.2, 0.25) is 11.8 Å². The van der Waals surface area contributed by atoms with Crippen LogP contribution < -0.4 is 15.8 Å². The Bertz CT molecular complexity index is 457. The second-order valence-electron chi connectivity index (χ2n) is 5.46. The molecule has 1 saturated carbocycles. The van der Waals surface area contributed by atoms with E-state index in [0.717, 1.165) is 25.9 Å². The number of ether oxygens (including phenoxy) is 2. The number of rotatable bonds is 5. The second kappa shape index (κ2) is 5.93. The van der Waals surface area contributed by atoms with Crippen LogP contribution in [0.3, 0.4) is 0 Å². The summed E-state index contributed by atoms with van der Waals surface area (Å²) in [5.41, 5.74) is 6.21. The van der Waals surface area contributed by atoms with E-state index in [1.165, 1.54) is 0 Å². The van der Waals surface area contributed by atoms with Crippen LogP contribution >= 0.6 is 0 Å². The highest BCUT2D eigenvalue weighted by molar-refractivity contribution is 5.33. The molecule has 0 aromatic carbocycles. The van der Waals surface area contributed by atoms with Crippen LogP contribution in [0.5, 0.6) is 5.88 Å². The van der Waals surface area contributed by atoms with Gasteiger partial charge in [-0.15, -0.1) is 0 Å². The summed E-state index contributed by atoms with van der Waals surface area (Å²) in [6.07, 6.45) is 5.12. The van der Waals surface area contributed by atoms with Gasteiger partial charge in [-0.1, -0.05) is 6.92 Å². The van der Waals surface area contributed by atoms with Crippen molar-refractivity contribution >= 4 is 5.95 Å². The first kappa shape index (κ1) is 13.6. The number of nitrogens with one attached hydrogen (secondary N) is 1. The minimum Gasteiger partial charge on any atom is -0.478 e. The number of hydrogen-bond donors (Lipinski definition) is 2. The molecule has 1 aromatic heterocycles. The first-order chi connectivity index (χ1) is 9.79. The van der Waals surface area contributed by atoms with Gasteiger partial charge in [0.05, 0.1) is 18.8 Å². The Labute approximate surface area is 119 Å². The third-order valence-corrected chi connectivity index (χ3v) is 4.06. The van der Waals surface area contributed by atoms with Gasteiger partial charge in [0.25, 0.3) is 0 Å². The van der Waals surface area contributed by atoms with Crippen LogP contribution in [0.25, 0.3) is 0 Å². The van der Waals surface area contributed by atoms with Crippen molar-refractivity contribution in [2.24, 2.45) is 11.7 Å². The number of fused-ring (bicyclic) bond motifs is 1. The summed E-state index contributed by atoms with van der Waals surface area (Å²) in [6, 6.07) is 1.98. The fraction of sp³-hybridized carbons (Fsp3) is 0.714. The lowest BCUT2D eigenvalue weighted by molar-refractivity contribution is -0.104. The zero-order valence-corrected chi connectivity index (χ0v) is 11.8. The predicted molar refractivity (Wildman–Crippen MR) is 75.7 cm³/mol. The molecule has 3 N–H and O–H groups in total. The molecule has 2 fully saturated rings. The maximum atomic E-state index is 6.21. The van der Waals surface area contributed by atoms with Crippen LogP contribution in [0, 0.1) is 5.92 Å². The van der Waals surface area contributed by atoms with Crippen molar-refractivity contribution in [3.8, 4) is 5.88 Å². The number of hydrogen-bond acceptors (Lipinski definition) is 6. The minimum absolute atomic E-state index is 0.0988. The average Bonchev–Trinajstić information content (AvgIpc) is 2.50. The molecule has 3 rings (SSSR count). The summed E-state index contributed by atoms with van der Waals surface area (Å²) < 4.78 is 11.3. The normalized spacial score (nSPS) is 32.1. The van der Waals surface area contributed by atoms with Crippen LogP contribution in [0.1, 0.15) is 26.2 Å². The first-order valence-corrected chi connectivity index (χ1v) is 7.39. The van der Waals surface area contributed by atoms with E-state index in [1.807, 2.05) is 0 Å². The van der Waals surface area contributed by atoms with E-state index >= 15 is 0 Å². The van der Waals surface area contributed by atoms with Crippen LogP contribution in [-0.4, -0.2) is 41.4 Å². The Kier molecular flexibility index (Phi) is 4.03. The van der Waals surface area contributed by atoms with E-state index in [4.69, 9.17) is 15.2 Å². The maximum Gasteiger partial charge on any atom is 0.226 e. The van der Waals surface area contributed by atoms with E-state index < -0.39 is 0 Å². The summed E-state index contributed by atoms with van der Waals surface area (Å²) in [4.78, 5) is 8.58. The lowest BCUT2D eigenvalue weighted by Crippen LogP contribution is -2.69. The SMILES string of the molecule is CCCOc1ccnc(NC2C(N)C3CCCOC32)n1. The standard InChI is InChI=1S/C14H22N4O2/c1-2-7-19-10-5-6-16-14(17-10)18-12-11(15)9-4-3-8-20-13(9)12/h5-6,9,11-13H,2-4,7-8,15H2,1H3,(H,16,17,18). The molecule has 2 aliphatic rings. The molecular formula is C14H22N4O2. The summed E-state index contributed by atoms with van der Waals surface area (Å²) in [7, 11) is 0. The number of anilines is 1. The Hall–Kier alpha value is -1.40. The van der Waals surface area contributed by atoms with Gasteiger partial charge >= 0.3 is 0 Å². The largest absolute Gasteiger partial charge is 0.478 e. The second-order valence-corrected chi connectivity index (χ2v) is 5.46. The molecule has 1 aliphatic carbocycles. The predicted octanol–water partition coefficient (Wildman–Crippen LogP) is 1.18. The molecular weight excluding hydrogens is 256 g/mol. The summed E-state index contributed by atoms with van der Waals surface area (Å²) >= 11 is 0. The van der Waals surface area contributed by atoms with Crippen molar-refractivity contribution < 1.29 is 9.47 Å². The van der Waals surface area contributed by atoms with E-state index in [9.17, 15) is 0 Å². The molecule has 0 spiro atoms. The number of aromatic nitrogens is 2. The van der Waals surface area contributed by atoms with Gasteiger partial charge < -0.3 is 20.5 Å².